The van der Waals surface area contributed by atoms with Crippen LogP contribution >= 0.6 is 0 Å². The molecular weight excluding hydrogens is 259 g/mol. The summed E-state index contributed by atoms with van der Waals surface area (Å²) in [7, 11) is 3.20. The van der Waals surface area contributed by atoms with Crippen molar-refractivity contribution in [3.05, 3.63) is 35.6 Å². The molecule has 0 saturated carbocycles. The Morgan fingerprint density at radius 1 is 1.45 bits per heavy atom. The fourth-order valence-electron chi connectivity index (χ4n) is 2.05. The predicted octanol–water partition coefficient (Wildman–Crippen LogP) is 1.50. The van der Waals surface area contributed by atoms with Gasteiger partial charge in [0, 0.05) is 26.1 Å². The fraction of sp³-hybridized carbons (Fsp3) is 0.357. The average molecular weight is 276 g/mol. The van der Waals surface area contributed by atoms with E-state index in [1.54, 1.807) is 32.3 Å². The third-order valence-corrected chi connectivity index (χ3v) is 3.09. The molecule has 6 heteroatoms. The maximum atomic E-state index is 13.7. The Bertz CT molecular complexity index is 580. The average Bonchev–Trinajstić information content (AvgIpc) is 2.86. The fourth-order valence-corrected chi connectivity index (χ4v) is 2.05. The van der Waals surface area contributed by atoms with Gasteiger partial charge in [-0.1, -0.05) is 18.2 Å². The third-order valence-electron chi connectivity index (χ3n) is 3.09. The number of nitrogens with zero attached hydrogens (tertiary/aromatic N) is 3. The lowest BCUT2D eigenvalue weighted by molar-refractivity contribution is -0.121. The lowest BCUT2D eigenvalue weighted by Gasteiger charge is -2.08. The van der Waals surface area contributed by atoms with Crippen molar-refractivity contribution in [1.29, 1.82) is 0 Å². The number of carbonyl (C=O) groups excluding carboxylic acids is 1. The SMILES string of the molecule is CN(C)C(=O)C(N)=NC1=NC(c2ccccc2F)CC1. The first kappa shape index (κ1) is 14.2. The number of carbonyl (C=O) groups is 1. The van der Waals surface area contributed by atoms with Gasteiger partial charge in [0.1, 0.15) is 11.7 Å². The van der Waals surface area contributed by atoms with Gasteiger partial charge in [-0.05, 0) is 12.5 Å². The maximum Gasteiger partial charge on any atom is 0.288 e. The lowest BCUT2D eigenvalue weighted by Crippen LogP contribution is -2.35. The van der Waals surface area contributed by atoms with Crippen LogP contribution in [-0.2, 0) is 4.79 Å². The number of amidine groups is 2. The zero-order chi connectivity index (χ0) is 14.7. The number of halogens is 1. The van der Waals surface area contributed by atoms with E-state index in [1.165, 1.54) is 11.0 Å². The number of aliphatic imine (C=N–C) groups is 2. The van der Waals surface area contributed by atoms with Gasteiger partial charge in [0.15, 0.2) is 5.84 Å². The highest BCUT2D eigenvalue weighted by molar-refractivity contribution is 6.38. The molecule has 0 bridgehead atoms. The molecule has 0 saturated heterocycles. The summed E-state index contributed by atoms with van der Waals surface area (Å²) >= 11 is 0. The summed E-state index contributed by atoms with van der Waals surface area (Å²) < 4.78 is 13.7. The summed E-state index contributed by atoms with van der Waals surface area (Å²) in [5, 5.41) is 0. The Kier molecular flexibility index (Phi) is 4.12. The maximum absolute atomic E-state index is 13.7. The van der Waals surface area contributed by atoms with Gasteiger partial charge in [-0.15, -0.1) is 0 Å². The molecule has 1 aliphatic rings. The van der Waals surface area contributed by atoms with E-state index >= 15 is 0 Å². The van der Waals surface area contributed by atoms with Crippen molar-refractivity contribution < 1.29 is 9.18 Å². The molecule has 2 N–H and O–H groups in total. The van der Waals surface area contributed by atoms with Crippen molar-refractivity contribution in [1.82, 2.24) is 4.90 Å². The van der Waals surface area contributed by atoms with Crippen molar-refractivity contribution in [3.63, 3.8) is 0 Å². The van der Waals surface area contributed by atoms with E-state index in [4.69, 9.17) is 5.73 Å². The number of rotatable bonds is 1. The van der Waals surface area contributed by atoms with Crippen LogP contribution in [0.3, 0.4) is 0 Å². The number of amides is 1. The molecule has 1 aliphatic heterocycles. The molecule has 1 atom stereocenters. The van der Waals surface area contributed by atoms with Crippen LogP contribution in [0.5, 0.6) is 0 Å². The molecule has 20 heavy (non-hydrogen) atoms. The van der Waals surface area contributed by atoms with Crippen LogP contribution in [-0.4, -0.2) is 36.6 Å². The molecule has 0 spiro atoms. The Hall–Kier alpha value is -2.24. The van der Waals surface area contributed by atoms with Gasteiger partial charge < -0.3 is 10.6 Å². The van der Waals surface area contributed by atoms with Crippen LogP contribution in [0.2, 0.25) is 0 Å². The van der Waals surface area contributed by atoms with E-state index in [1.807, 2.05) is 0 Å². The van der Waals surface area contributed by atoms with Crippen LogP contribution in [0.25, 0.3) is 0 Å². The molecular formula is C14H17FN4O. The largest absolute Gasteiger partial charge is 0.379 e. The highest BCUT2D eigenvalue weighted by Gasteiger charge is 2.22. The van der Waals surface area contributed by atoms with E-state index in [-0.39, 0.29) is 23.6 Å². The molecule has 5 nitrogen and oxygen atoms in total. The standard InChI is InChI=1S/C14H17FN4O/c1-19(2)14(20)13(16)18-12-8-7-11(17-12)9-5-3-4-6-10(9)15/h3-6,11H,7-8H2,1-2H3,(H2,16,17,18). The number of likely N-dealkylation sites (N-methyl/N-ethyl adjacent to an activating group) is 1. The van der Waals surface area contributed by atoms with Crippen molar-refractivity contribution in [2.75, 3.05) is 14.1 Å². The minimum Gasteiger partial charge on any atom is -0.379 e. The molecule has 2 rings (SSSR count). The zero-order valence-electron chi connectivity index (χ0n) is 11.5. The molecule has 0 aliphatic carbocycles. The van der Waals surface area contributed by atoms with E-state index in [0.29, 0.717) is 24.2 Å². The van der Waals surface area contributed by atoms with Crippen molar-refractivity contribution in [2.45, 2.75) is 18.9 Å². The molecule has 0 radical (unpaired) electrons. The van der Waals surface area contributed by atoms with Gasteiger partial charge in [-0.2, -0.15) is 0 Å². The normalized spacial score (nSPS) is 18.9. The number of hydrogen-bond acceptors (Lipinski definition) is 3. The quantitative estimate of drug-likeness (QED) is 0.623. The zero-order valence-corrected chi connectivity index (χ0v) is 11.5. The topological polar surface area (TPSA) is 71.0 Å². The first-order valence-electron chi connectivity index (χ1n) is 6.36. The van der Waals surface area contributed by atoms with Crippen molar-refractivity contribution in [3.8, 4) is 0 Å². The van der Waals surface area contributed by atoms with Crippen LogP contribution < -0.4 is 5.73 Å². The van der Waals surface area contributed by atoms with Crippen LogP contribution in [0.4, 0.5) is 4.39 Å². The Morgan fingerprint density at radius 3 is 2.80 bits per heavy atom. The number of nitrogens with two attached hydrogens (primary N) is 1. The summed E-state index contributed by atoms with van der Waals surface area (Å²) in [5.41, 5.74) is 6.17. The van der Waals surface area contributed by atoms with Gasteiger partial charge in [-0.3, -0.25) is 9.79 Å². The monoisotopic (exact) mass is 276 g/mol. The molecule has 1 amide bonds. The molecule has 0 aromatic heterocycles. The summed E-state index contributed by atoms with van der Waals surface area (Å²) in [6, 6.07) is 6.29. The molecule has 1 heterocycles. The molecule has 106 valence electrons. The van der Waals surface area contributed by atoms with Crippen LogP contribution in [0.1, 0.15) is 24.4 Å². The Balaban J connectivity index is 2.17. The second-order valence-corrected chi connectivity index (χ2v) is 4.82. The van der Waals surface area contributed by atoms with Gasteiger partial charge in [0.05, 0.1) is 6.04 Å². The summed E-state index contributed by atoms with van der Waals surface area (Å²) in [4.78, 5) is 21.3. The van der Waals surface area contributed by atoms with Crippen LogP contribution in [0, 0.1) is 5.82 Å². The molecule has 1 aromatic rings. The number of hydrogen-bond donors (Lipinski definition) is 1. The summed E-state index contributed by atoms with van der Waals surface area (Å²) in [5.74, 6) is -0.236. The van der Waals surface area contributed by atoms with Crippen LogP contribution in [0.15, 0.2) is 34.3 Å². The lowest BCUT2D eigenvalue weighted by atomic mass is 10.0. The molecule has 1 aromatic carbocycles. The van der Waals surface area contributed by atoms with Gasteiger partial charge in [-0.25, -0.2) is 9.38 Å². The second-order valence-electron chi connectivity index (χ2n) is 4.82. The highest BCUT2D eigenvalue weighted by Crippen LogP contribution is 2.30. The minimum absolute atomic E-state index is 0.0945. The summed E-state index contributed by atoms with van der Waals surface area (Å²) in [6.45, 7) is 0. The van der Waals surface area contributed by atoms with Gasteiger partial charge in [0.25, 0.3) is 5.91 Å². The van der Waals surface area contributed by atoms with Crippen molar-refractivity contribution in [2.24, 2.45) is 15.7 Å². The molecule has 0 fully saturated rings. The first-order valence-corrected chi connectivity index (χ1v) is 6.36. The van der Waals surface area contributed by atoms with E-state index in [0.717, 1.165) is 0 Å². The summed E-state index contributed by atoms with van der Waals surface area (Å²) in [6.07, 6.45) is 1.25. The van der Waals surface area contributed by atoms with Gasteiger partial charge in [0.2, 0.25) is 0 Å². The Morgan fingerprint density at radius 2 is 2.15 bits per heavy atom. The number of benzene rings is 1. The highest BCUT2D eigenvalue weighted by atomic mass is 19.1. The van der Waals surface area contributed by atoms with Gasteiger partial charge >= 0.3 is 0 Å². The second kappa shape index (κ2) is 5.81. The van der Waals surface area contributed by atoms with E-state index in [9.17, 15) is 9.18 Å². The van der Waals surface area contributed by atoms with E-state index < -0.39 is 0 Å². The Labute approximate surface area is 117 Å². The third kappa shape index (κ3) is 3.01. The smallest absolute Gasteiger partial charge is 0.288 e. The first-order chi connectivity index (χ1) is 9.49. The van der Waals surface area contributed by atoms with E-state index in [2.05, 4.69) is 9.98 Å². The predicted molar refractivity (Wildman–Crippen MR) is 76.1 cm³/mol. The minimum atomic E-state index is -0.359. The molecule has 1 unspecified atom stereocenters. The van der Waals surface area contributed by atoms with Crippen molar-refractivity contribution >= 4 is 17.6 Å².